The van der Waals surface area contributed by atoms with Crippen LogP contribution in [0.15, 0.2) is 52.3 Å². The van der Waals surface area contributed by atoms with Crippen LogP contribution in [0.2, 0.25) is 0 Å². The van der Waals surface area contributed by atoms with Crippen LogP contribution in [0.5, 0.6) is 5.75 Å². The van der Waals surface area contributed by atoms with Gasteiger partial charge in [-0.1, -0.05) is 18.6 Å². The molecule has 9 heteroatoms. The van der Waals surface area contributed by atoms with E-state index in [1.165, 1.54) is 34.3 Å². The van der Waals surface area contributed by atoms with Crippen molar-refractivity contribution in [3.8, 4) is 5.75 Å². The molecule has 1 saturated heterocycles. The summed E-state index contributed by atoms with van der Waals surface area (Å²) < 4.78 is 47.1. The molecule has 1 heterocycles. The van der Waals surface area contributed by atoms with Crippen molar-refractivity contribution in [2.75, 3.05) is 24.2 Å². The van der Waals surface area contributed by atoms with Crippen LogP contribution in [-0.4, -0.2) is 43.6 Å². The number of piperidine rings is 1. The van der Waals surface area contributed by atoms with E-state index >= 15 is 0 Å². The first-order chi connectivity index (χ1) is 15.3. The van der Waals surface area contributed by atoms with Gasteiger partial charge in [0.1, 0.15) is 11.6 Å². The van der Waals surface area contributed by atoms with Gasteiger partial charge in [-0.15, -0.1) is 11.8 Å². The van der Waals surface area contributed by atoms with E-state index in [0.29, 0.717) is 35.2 Å². The Balaban J connectivity index is 1.73. The smallest absolute Gasteiger partial charge is 0.243 e. The van der Waals surface area contributed by atoms with Crippen molar-refractivity contribution in [3.63, 3.8) is 0 Å². The van der Waals surface area contributed by atoms with Gasteiger partial charge in [-0.2, -0.15) is 4.31 Å². The number of nitrogens with zero attached hydrogens (tertiary/aromatic N) is 1. The number of ether oxygens (including phenoxy) is 1. The van der Waals surface area contributed by atoms with Crippen molar-refractivity contribution in [3.05, 3.63) is 48.3 Å². The number of sulfonamides is 1. The molecule has 1 aliphatic rings. The van der Waals surface area contributed by atoms with E-state index in [1.54, 1.807) is 24.3 Å². The predicted molar refractivity (Wildman–Crippen MR) is 125 cm³/mol. The fourth-order valence-corrected chi connectivity index (χ4v) is 5.84. The molecular weight excluding hydrogens is 451 g/mol. The Morgan fingerprint density at radius 1 is 1.16 bits per heavy atom. The summed E-state index contributed by atoms with van der Waals surface area (Å²) in [7, 11) is -3.64. The maximum absolute atomic E-state index is 13.7. The summed E-state index contributed by atoms with van der Waals surface area (Å²) in [5.41, 5.74) is 0.317. The lowest BCUT2D eigenvalue weighted by molar-refractivity contribution is -0.115. The number of rotatable bonds is 9. The average molecular weight is 481 g/mol. The first kappa shape index (κ1) is 24.5. The Morgan fingerprint density at radius 2 is 1.88 bits per heavy atom. The van der Waals surface area contributed by atoms with Crippen molar-refractivity contribution in [1.29, 1.82) is 0 Å². The zero-order valence-corrected chi connectivity index (χ0v) is 20.0. The summed E-state index contributed by atoms with van der Waals surface area (Å²) in [6.45, 7) is 4.72. The number of amides is 1. The number of benzene rings is 2. The van der Waals surface area contributed by atoms with Crippen LogP contribution in [0, 0.1) is 5.82 Å². The van der Waals surface area contributed by atoms with E-state index in [-0.39, 0.29) is 29.1 Å². The number of thioether (sulfide) groups is 1. The molecule has 1 fully saturated rings. The Morgan fingerprint density at radius 3 is 2.56 bits per heavy atom. The van der Waals surface area contributed by atoms with Crippen LogP contribution in [0.4, 0.5) is 10.1 Å². The second-order valence-corrected chi connectivity index (χ2v) is 10.9. The number of carbonyl (C=O) groups is 1. The third-order valence-electron chi connectivity index (χ3n) is 4.96. The molecule has 2 aromatic rings. The molecule has 6 nitrogen and oxygen atoms in total. The van der Waals surface area contributed by atoms with Crippen molar-refractivity contribution in [1.82, 2.24) is 4.31 Å². The summed E-state index contributed by atoms with van der Waals surface area (Å²) in [5.74, 6) is 0.183. The van der Waals surface area contributed by atoms with Gasteiger partial charge in [0.25, 0.3) is 0 Å². The van der Waals surface area contributed by atoms with E-state index in [1.807, 2.05) is 13.8 Å². The quantitative estimate of drug-likeness (QED) is 0.516. The van der Waals surface area contributed by atoms with Gasteiger partial charge in [0.05, 0.1) is 16.7 Å². The van der Waals surface area contributed by atoms with E-state index in [0.717, 1.165) is 19.3 Å². The molecule has 0 spiro atoms. The Labute approximate surface area is 193 Å². The average Bonchev–Trinajstić information content (AvgIpc) is 2.76. The second-order valence-electron chi connectivity index (χ2n) is 7.87. The van der Waals surface area contributed by atoms with Crippen molar-refractivity contribution < 1.29 is 22.3 Å². The highest BCUT2D eigenvalue weighted by Gasteiger charge is 2.27. The monoisotopic (exact) mass is 480 g/mol. The van der Waals surface area contributed by atoms with E-state index in [2.05, 4.69) is 5.32 Å². The molecule has 0 radical (unpaired) electrons. The third-order valence-corrected chi connectivity index (χ3v) is 7.91. The van der Waals surface area contributed by atoms with Crippen LogP contribution < -0.4 is 10.1 Å². The van der Waals surface area contributed by atoms with Gasteiger partial charge in [-0.05, 0) is 57.0 Å². The molecule has 0 aliphatic carbocycles. The van der Waals surface area contributed by atoms with E-state index in [9.17, 15) is 17.6 Å². The van der Waals surface area contributed by atoms with Gasteiger partial charge in [0, 0.05) is 30.2 Å². The highest BCUT2D eigenvalue weighted by Crippen LogP contribution is 2.31. The van der Waals surface area contributed by atoms with E-state index < -0.39 is 10.0 Å². The number of halogens is 1. The standard InChI is InChI=1S/C23H29FN2O4S2/c1-17(2)30-21-11-10-18(32(28,29)26-13-6-3-7-14-26)16-20(21)25-23(27)12-15-31-22-9-5-4-8-19(22)24/h4-5,8-11,16-17H,3,6-7,12-15H2,1-2H3,(H,25,27). The zero-order valence-electron chi connectivity index (χ0n) is 18.3. The van der Waals surface area contributed by atoms with Crippen molar-refractivity contribution in [2.45, 2.75) is 55.4 Å². The van der Waals surface area contributed by atoms with Crippen molar-refractivity contribution >= 4 is 33.4 Å². The predicted octanol–water partition coefficient (Wildman–Crippen LogP) is 4.91. The van der Waals surface area contributed by atoms with Gasteiger partial charge < -0.3 is 10.1 Å². The van der Waals surface area contributed by atoms with Gasteiger partial charge >= 0.3 is 0 Å². The van der Waals surface area contributed by atoms with Gasteiger partial charge in [0.15, 0.2) is 0 Å². The molecule has 0 atom stereocenters. The second kappa shape index (κ2) is 11.2. The lowest BCUT2D eigenvalue weighted by atomic mass is 10.2. The molecule has 0 aromatic heterocycles. The molecule has 1 amide bonds. The van der Waals surface area contributed by atoms with Crippen LogP contribution in [-0.2, 0) is 14.8 Å². The SMILES string of the molecule is CC(C)Oc1ccc(S(=O)(=O)N2CCCCC2)cc1NC(=O)CCSc1ccccc1F. The summed E-state index contributed by atoms with van der Waals surface area (Å²) in [6.07, 6.45) is 2.71. The Kier molecular flexibility index (Phi) is 8.56. The highest BCUT2D eigenvalue weighted by molar-refractivity contribution is 7.99. The number of anilines is 1. The van der Waals surface area contributed by atoms with Crippen molar-refractivity contribution in [2.24, 2.45) is 0 Å². The minimum absolute atomic E-state index is 0.131. The highest BCUT2D eigenvalue weighted by atomic mass is 32.2. The third kappa shape index (κ3) is 6.46. The lowest BCUT2D eigenvalue weighted by Gasteiger charge is -2.26. The molecule has 32 heavy (non-hydrogen) atoms. The molecule has 1 aliphatic heterocycles. The molecule has 3 rings (SSSR count). The fourth-order valence-electron chi connectivity index (χ4n) is 3.41. The van der Waals surface area contributed by atoms with Gasteiger partial charge in [0.2, 0.25) is 15.9 Å². The largest absolute Gasteiger partial charge is 0.489 e. The van der Waals surface area contributed by atoms with Crippen LogP contribution in [0.25, 0.3) is 0 Å². The normalized spacial score (nSPS) is 15.0. The molecule has 0 bridgehead atoms. The topological polar surface area (TPSA) is 75.7 Å². The number of carbonyl (C=O) groups excluding carboxylic acids is 1. The van der Waals surface area contributed by atoms with Crippen LogP contribution in [0.1, 0.15) is 39.5 Å². The number of hydrogen-bond acceptors (Lipinski definition) is 5. The van der Waals surface area contributed by atoms with Crippen LogP contribution >= 0.6 is 11.8 Å². The molecule has 0 unspecified atom stereocenters. The molecule has 174 valence electrons. The minimum Gasteiger partial charge on any atom is -0.489 e. The summed E-state index contributed by atoms with van der Waals surface area (Å²) in [4.78, 5) is 13.2. The molecular formula is C23H29FN2O4S2. The van der Waals surface area contributed by atoms with Gasteiger partial charge in [-0.3, -0.25) is 4.79 Å². The maximum Gasteiger partial charge on any atom is 0.243 e. The number of nitrogens with one attached hydrogen (secondary N) is 1. The molecule has 0 saturated carbocycles. The first-order valence-corrected chi connectivity index (χ1v) is 13.2. The molecule has 2 aromatic carbocycles. The minimum atomic E-state index is -3.64. The summed E-state index contributed by atoms with van der Waals surface area (Å²) >= 11 is 1.26. The Hall–Kier alpha value is -2.10. The molecule has 1 N–H and O–H groups in total. The van der Waals surface area contributed by atoms with E-state index in [4.69, 9.17) is 4.74 Å². The summed E-state index contributed by atoms with van der Waals surface area (Å²) in [6, 6.07) is 11.0. The number of hydrogen-bond donors (Lipinski definition) is 1. The van der Waals surface area contributed by atoms with Gasteiger partial charge in [-0.25, -0.2) is 12.8 Å². The maximum atomic E-state index is 13.7. The lowest BCUT2D eigenvalue weighted by Crippen LogP contribution is -2.35. The Bertz CT molecular complexity index is 1040. The fraction of sp³-hybridized carbons (Fsp3) is 0.435. The summed E-state index contributed by atoms with van der Waals surface area (Å²) in [5, 5.41) is 2.78. The van der Waals surface area contributed by atoms with Crippen LogP contribution in [0.3, 0.4) is 0 Å². The first-order valence-electron chi connectivity index (χ1n) is 10.8. The zero-order chi connectivity index (χ0) is 23.1.